The maximum atomic E-state index is 13.0. The molecule has 7 heteroatoms. The lowest BCUT2D eigenvalue weighted by Crippen LogP contribution is -2.48. The number of carbonyl (C=O) groups excluding carboxylic acids is 2. The molecule has 1 atom stereocenters. The number of carbonyl (C=O) groups is 2. The Labute approximate surface area is 198 Å². The minimum Gasteiger partial charge on any atom is -0.355 e. The van der Waals surface area contributed by atoms with Crippen molar-refractivity contribution in [3.8, 4) is 11.3 Å². The van der Waals surface area contributed by atoms with E-state index in [-0.39, 0.29) is 11.6 Å². The first-order valence-corrected chi connectivity index (χ1v) is 11.1. The van der Waals surface area contributed by atoms with E-state index in [4.69, 9.17) is 4.52 Å². The maximum absolute atomic E-state index is 13.0. The van der Waals surface area contributed by atoms with Gasteiger partial charge in [-0.15, -0.1) is 0 Å². The fourth-order valence-corrected chi connectivity index (χ4v) is 3.51. The quantitative estimate of drug-likeness (QED) is 0.402. The summed E-state index contributed by atoms with van der Waals surface area (Å²) in [5.74, 6) is -0.247. The molecule has 7 nitrogen and oxygen atoms in total. The van der Waals surface area contributed by atoms with Crippen molar-refractivity contribution in [1.29, 1.82) is 0 Å². The zero-order valence-corrected chi connectivity index (χ0v) is 18.9. The van der Waals surface area contributed by atoms with Crippen molar-refractivity contribution in [2.24, 2.45) is 0 Å². The van der Waals surface area contributed by atoms with Gasteiger partial charge in [0.15, 0.2) is 11.5 Å². The van der Waals surface area contributed by atoms with Gasteiger partial charge in [-0.25, -0.2) is 0 Å². The van der Waals surface area contributed by atoms with Crippen LogP contribution in [0.5, 0.6) is 0 Å². The summed E-state index contributed by atoms with van der Waals surface area (Å²) in [4.78, 5) is 30.2. The minimum atomic E-state index is -0.766. The Morgan fingerprint density at radius 3 is 2.47 bits per heavy atom. The van der Waals surface area contributed by atoms with Gasteiger partial charge in [0.25, 0.3) is 5.91 Å². The molecule has 172 valence electrons. The minimum absolute atomic E-state index is 0.120. The van der Waals surface area contributed by atoms with Gasteiger partial charge in [0.1, 0.15) is 6.04 Å². The molecular weight excluding hydrogens is 428 g/mol. The number of hydrogen-bond acceptors (Lipinski definition) is 5. The standard InChI is InChI=1S/C27H26N4O3/c1-19-10-12-21(13-11-19)25-18-24(31-34-25)27(33)30-23(17-20-7-3-2-4-8-20)26(32)29-16-14-22-9-5-6-15-28-22/h2-13,15,18,23H,14,16-17H2,1H3,(H,29,32)(H,30,33)/t23-/m1/s1. The summed E-state index contributed by atoms with van der Waals surface area (Å²) < 4.78 is 5.37. The van der Waals surface area contributed by atoms with Gasteiger partial charge in [-0.2, -0.15) is 0 Å². The second-order valence-electron chi connectivity index (χ2n) is 8.02. The Morgan fingerprint density at radius 1 is 0.971 bits per heavy atom. The Hall–Kier alpha value is -4.26. The highest BCUT2D eigenvalue weighted by Crippen LogP contribution is 2.20. The molecule has 4 rings (SSSR count). The summed E-state index contributed by atoms with van der Waals surface area (Å²) >= 11 is 0. The molecule has 0 aliphatic rings. The first-order chi connectivity index (χ1) is 16.6. The predicted octanol–water partition coefficient (Wildman–Crippen LogP) is 3.75. The Balaban J connectivity index is 1.43. The zero-order chi connectivity index (χ0) is 23.8. The van der Waals surface area contributed by atoms with Crippen molar-refractivity contribution >= 4 is 11.8 Å². The zero-order valence-electron chi connectivity index (χ0n) is 18.9. The Morgan fingerprint density at radius 2 is 1.74 bits per heavy atom. The van der Waals surface area contributed by atoms with Crippen LogP contribution in [0, 0.1) is 6.92 Å². The van der Waals surface area contributed by atoms with Crippen LogP contribution in [0.25, 0.3) is 11.3 Å². The van der Waals surface area contributed by atoms with E-state index < -0.39 is 11.9 Å². The number of aryl methyl sites for hydroxylation is 1. The van der Waals surface area contributed by atoms with E-state index in [1.54, 1.807) is 12.3 Å². The number of benzene rings is 2. The van der Waals surface area contributed by atoms with Crippen molar-refractivity contribution in [3.05, 3.63) is 108 Å². The van der Waals surface area contributed by atoms with Crippen LogP contribution in [0.1, 0.15) is 27.3 Å². The van der Waals surface area contributed by atoms with Crippen molar-refractivity contribution in [2.45, 2.75) is 25.8 Å². The molecule has 0 aliphatic heterocycles. The van der Waals surface area contributed by atoms with Gasteiger partial charge < -0.3 is 15.2 Å². The lowest BCUT2D eigenvalue weighted by Gasteiger charge is -2.18. The second kappa shape index (κ2) is 11.0. The highest BCUT2D eigenvalue weighted by molar-refractivity contribution is 5.96. The van der Waals surface area contributed by atoms with Crippen molar-refractivity contribution in [1.82, 2.24) is 20.8 Å². The number of aromatic nitrogens is 2. The summed E-state index contributed by atoms with van der Waals surface area (Å²) in [5.41, 5.74) is 3.89. The SMILES string of the molecule is Cc1ccc(-c2cc(C(=O)N[C@H](Cc3ccccc3)C(=O)NCCc3ccccn3)no2)cc1. The number of nitrogens with zero attached hydrogens (tertiary/aromatic N) is 2. The van der Waals surface area contributed by atoms with Gasteiger partial charge >= 0.3 is 0 Å². The van der Waals surface area contributed by atoms with Crippen LogP contribution in [0.2, 0.25) is 0 Å². The Kier molecular flexibility index (Phi) is 7.45. The van der Waals surface area contributed by atoms with Gasteiger partial charge in [-0.3, -0.25) is 14.6 Å². The van der Waals surface area contributed by atoms with Crippen LogP contribution < -0.4 is 10.6 Å². The third-order valence-corrected chi connectivity index (χ3v) is 5.39. The lowest BCUT2D eigenvalue weighted by molar-refractivity contribution is -0.122. The number of rotatable bonds is 9. The fourth-order valence-electron chi connectivity index (χ4n) is 3.51. The summed E-state index contributed by atoms with van der Waals surface area (Å²) in [7, 11) is 0. The van der Waals surface area contributed by atoms with Gasteiger partial charge in [0, 0.05) is 42.9 Å². The molecule has 0 radical (unpaired) electrons. The predicted molar refractivity (Wildman–Crippen MR) is 129 cm³/mol. The molecule has 34 heavy (non-hydrogen) atoms. The topological polar surface area (TPSA) is 97.1 Å². The van der Waals surface area contributed by atoms with Crippen LogP contribution in [0.15, 0.2) is 89.6 Å². The van der Waals surface area contributed by atoms with Crippen molar-refractivity contribution < 1.29 is 14.1 Å². The van der Waals surface area contributed by atoms with Crippen LogP contribution in [0.4, 0.5) is 0 Å². The van der Waals surface area contributed by atoms with E-state index in [0.717, 1.165) is 22.4 Å². The third-order valence-electron chi connectivity index (χ3n) is 5.39. The number of pyridine rings is 1. The first-order valence-electron chi connectivity index (χ1n) is 11.1. The summed E-state index contributed by atoms with van der Waals surface area (Å²) in [6.07, 6.45) is 2.67. The molecule has 2 aromatic heterocycles. The van der Waals surface area contributed by atoms with E-state index in [1.807, 2.05) is 79.7 Å². The molecule has 2 aromatic carbocycles. The first kappa shape index (κ1) is 22.9. The van der Waals surface area contributed by atoms with Crippen LogP contribution in [0.3, 0.4) is 0 Å². The van der Waals surface area contributed by atoms with E-state index in [2.05, 4.69) is 20.8 Å². The Bertz CT molecular complexity index is 1220. The average Bonchev–Trinajstić information content (AvgIpc) is 3.36. The van der Waals surface area contributed by atoms with Crippen LogP contribution >= 0.6 is 0 Å². The summed E-state index contributed by atoms with van der Waals surface area (Å²) in [6, 6.07) is 23.8. The fraction of sp³-hybridized carbons (Fsp3) is 0.185. The monoisotopic (exact) mass is 454 g/mol. The molecule has 0 saturated heterocycles. The number of nitrogens with one attached hydrogen (secondary N) is 2. The highest BCUT2D eigenvalue weighted by Gasteiger charge is 2.23. The van der Waals surface area contributed by atoms with Crippen molar-refractivity contribution in [3.63, 3.8) is 0 Å². The van der Waals surface area contributed by atoms with Gasteiger partial charge in [0.05, 0.1) is 0 Å². The molecule has 0 spiro atoms. The molecule has 0 unspecified atom stereocenters. The second-order valence-corrected chi connectivity index (χ2v) is 8.02. The molecule has 0 saturated carbocycles. The molecule has 2 amide bonds. The van der Waals surface area contributed by atoms with E-state index >= 15 is 0 Å². The molecule has 0 aliphatic carbocycles. The molecule has 0 bridgehead atoms. The van der Waals surface area contributed by atoms with E-state index in [9.17, 15) is 9.59 Å². The number of amides is 2. The van der Waals surface area contributed by atoms with Gasteiger partial charge in [-0.05, 0) is 24.6 Å². The van der Waals surface area contributed by atoms with Crippen LogP contribution in [-0.2, 0) is 17.6 Å². The van der Waals surface area contributed by atoms with Crippen molar-refractivity contribution in [2.75, 3.05) is 6.54 Å². The largest absolute Gasteiger partial charge is 0.355 e. The normalized spacial score (nSPS) is 11.6. The number of hydrogen-bond donors (Lipinski definition) is 2. The molecule has 2 N–H and O–H groups in total. The van der Waals surface area contributed by atoms with Crippen LogP contribution in [-0.4, -0.2) is 34.5 Å². The molecule has 2 heterocycles. The average molecular weight is 455 g/mol. The smallest absolute Gasteiger partial charge is 0.274 e. The molecule has 4 aromatic rings. The summed E-state index contributed by atoms with van der Waals surface area (Å²) in [5, 5.41) is 9.63. The van der Waals surface area contributed by atoms with E-state index in [1.165, 1.54) is 0 Å². The molecular formula is C27H26N4O3. The third kappa shape index (κ3) is 6.16. The highest BCUT2D eigenvalue weighted by atomic mass is 16.5. The van der Waals surface area contributed by atoms with E-state index in [0.29, 0.717) is 25.1 Å². The van der Waals surface area contributed by atoms with Gasteiger partial charge in [-0.1, -0.05) is 71.4 Å². The molecule has 0 fully saturated rings. The summed E-state index contributed by atoms with van der Waals surface area (Å²) in [6.45, 7) is 2.41. The lowest BCUT2D eigenvalue weighted by atomic mass is 10.0. The maximum Gasteiger partial charge on any atom is 0.274 e. The van der Waals surface area contributed by atoms with Gasteiger partial charge in [0.2, 0.25) is 5.91 Å².